The molecule has 4 nitrogen and oxygen atoms in total. The third-order valence-electron chi connectivity index (χ3n) is 4.87. The lowest BCUT2D eigenvalue weighted by molar-refractivity contribution is -0.116. The zero-order chi connectivity index (χ0) is 18.9. The molecule has 0 bridgehead atoms. The van der Waals surface area contributed by atoms with E-state index in [-0.39, 0.29) is 11.9 Å². The SMILES string of the molecule is CCOc1ccccc1/C=C/C(=O)NCC(c1ccccc1)N1CCCC1. The van der Waals surface area contributed by atoms with Gasteiger partial charge in [0.2, 0.25) is 5.91 Å². The van der Waals surface area contributed by atoms with Crippen LogP contribution >= 0.6 is 0 Å². The highest BCUT2D eigenvalue weighted by Gasteiger charge is 2.23. The molecule has 1 N–H and O–H groups in total. The molecule has 1 amide bonds. The van der Waals surface area contributed by atoms with Gasteiger partial charge >= 0.3 is 0 Å². The first kappa shape index (κ1) is 19.2. The number of nitrogens with one attached hydrogen (secondary N) is 1. The lowest BCUT2D eigenvalue weighted by atomic mass is 10.1. The first-order chi connectivity index (χ1) is 13.3. The van der Waals surface area contributed by atoms with Gasteiger partial charge in [-0.2, -0.15) is 0 Å². The summed E-state index contributed by atoms with van der Waals surface area (Å²) in [6.45, 7) is 5.35. The Balaban J connectivity index is 1.62. The fraction of sp³-hybridized carbons (Fsp3) is 0.348. The van der Waals surface area contributed by atoms with Crippen LogP contribution in [0.4, 0.5) is 0 Å². The number of nitrogens with zero attached hydrogens (tertiary/aromatic N) is 1. The van der Waals surface area contributed by atoms with Gasteiger partial charge in [-0.25, -0.2) is 0 Å². The number of amides is 1. The van der Waals surface area contributed by atoms with Gasteiger partial charge in [0.25, 0.3) is 0 Å². The summed E-state index contributed by atoms with van der Waals surface area (Å²) in [6, 6.07) is 18.4. The van der Waals surface area contributed by atoms with E-state index in [0.29, 0.717) is 13.2 Å². The first-order valence-corrected chi connectivity index (χ1v) is 9.74. The van der Waals surface area contributed by atoms with Crippen molar-refractivity contribution in [2.75, 3.05) is 26.2 Å². The van der Waals surface area contributed by atoms with Gasteiger partial charge in [0.05, 0.1) is 12.6 Å². The van der Waals surface area contributed by atoms with E-state index < -0.39 is 0 Å². The smallest absolute Gasteiger partial charge is 0.244 e. The maximum absolute atomic E-state index is 12.4. The van der Waals surface area contributed by atoms with E-state index in [9.17, 15) is 4.79 Å². The minimum atomic E-state index is -0.0820. The highest BCUT2D eigenvalue weighted by Crippen LogP contribution is 2.24. The average Bonchev–Trinajstić information content (AvgIpc) is 3.23. The molecular weight excluding hydrogens is 336 g/mol. The van der Waals surface area contributed by atoms with E-state index in [1.54, 1.807) is 6.08 Å². The number of rotatable bonds is 8. The molecule has 0 aromatic heterocycles. The van der Waals surface area contributed by atoms with Crippen LogP contribution in [-0.2, 0) is 4.79 Å². The lowest BCUT2D eigenvalue weighted by Crippen LogP contribution is -2.36. The standard InChI is InChI=1S/C23H28N2O2/c1-2-27-22-13-7-6-12-20(22)14-15-23(26)24-18-21(25-16-8-9-17-25)19-10-4-3-5-11-19/h3-7,10-15,21H,2,8-9,16-18H2,1H3,(H,24,26)/b15-14+. The highest BCUT2D eigenvalue weighted by molar-refractivity contribution is 5.92. The van der Waals surface area contributed by atoms with Crippen LogP contribution in [0.2, 0.25) is 0 Å². The third kappa shape index (κ3) is 5.44. The number of benzene rings is 2. The second kappa shape index (κ2) is 9.93. The van der Waals surface area contributed by atoms with Crippen LogP contribution in [0.5, 0.6) is 5.75 Å². The van der Waals surface area contributed by atoms with E-state index in [0.717, 1.165) is 24.4 Å². The molecule has 1 atom stereocenters. The van der Waals surface area contributed by atoms with Crippen molar-refractivity contribution in [1.29, 1.82) is 0 Å². The molecule has 0 spiro atoms. The Morgan fingerprint density at radius 1 is 1.11 bits per heavy atom. The molecule has 0 aliphatic carbocycles. The molecular formula is C23H28N2O2. The fourth-order valence-electron chi connectivity index (χ4n) is 3.51. The molecule has 3 rings (SSSR count). The Bertz CT molecular complexity index is 752. The van der Waals surface area contributed by atoms with Crippen molar-refractivity contribution in [3.8, 4) is 5.75 Å². The minimum absolute atomic E-state index is 0.0820. The predicted octanol–water partition coefficient (Wildman–Crippen LogP) is 4.05. The van der Waals surface area contributed by atoms with Crippen molar-refractivity contribution in [3.05, 3.63) is 71.8 Å². The van der Waals surface area contributed by atoms with Crippen molar-refractivity contribution in [2.24, 2.45) is 0 Å². The van der Waals surface area contributed by atoms with Gasteiger partial charge in [-0.15, -0.1) is 0 Å². The third-order valence-corrected chi connectivity index (χ3v) is 4.87. The molecule has 0 saturated carbocycles. The number of carbonyl (C=O) groups is 1. The Hall–Kier alpha value is -2.59. The zero-order valence-electron chi connectivity index (χ0n) is 15.9. The maximum Gasteiger partial charge on any atom is 0.244 e. The number of hydrogen-bond acceptors (Lipinski definition) is 3. The van der Waals surface area contributed by atoms with E-state index in [4.69, 9.17) is 4.74 Å². The van der Waals surface area contributed by atoms with E-state index in [1.165, 1.54) is 18.4 Å². The van der Waals surface area contributed by atoms with Crippen molar-refractivity contribution in [1.82, 2.24) is 10.2 Å². The van der Waals surface area contributed by atoms with Gasteiger partial charge < -0.3 is 10.1 Å². The molecule has 1 heterocycles. The van der Waals surface area contributed by atoms with Crippen molar-refractivity contribution >= 4 is 12.0 Å². The Morgan fingerprint density at radius 2 is 1.81 bits per heavy atom. The molecule has 1 fully saturated rings. The molecule has 0 radical (unpaired) electrons. The van der Waals surface area contributed by atoms with Crippen LogP contribution < -0.4 is 10.1 Å². The molecule has 2 aromatic rings. The van der Waals surface area contributed by atoms with Gasteiger partial charge in [0.1, 0.15) is 5.75 Å². The maximum atomic E-state index is 12.4. The molecule has 2 aromatic carbocycles. The van der Waals surface area contributed by atoms with Crippen LogP contribution in [-0.4, -0.2) is 37.0 Å². The normalized spacial score (nSPS) is 15.7. The zero-order valence-corrected chi connectivity index (χ0v) is 15.9. The quantitative estimate of drug-likeness (QED) is 0.719. The summed E-state index contributed by atoms with van der Waals surface area (Å²) in [7, 11) is 0. The van der Waals surface area contributed by atoms with Crippen LogP contribution in [0.1, 0.15) is 36.9 Å². The van der Waals surface area contributed by atoms with E-state index in [1.807, 2.05) is 43.3 Å². The monoisotopic (exact) mass is 364 g/mol. The highest BCUT2D eigenvalue weighted by atomic mass is 16.5. The molecule has 142 valence electrons. The van der Waals surface area contributed by atoms with E-state index in [2.05, 4.69) is 34.5 Å². The Kier molecular flexibility index (Phi) is 7.05. The van der Waals surface area contributed by atoms with Crippen LogP contribution in [0.15, 0.2) is 60.7 Å². The number of para-hydroxylation sites is 1. The second-order valence-corrected chi connectivity index (χ2v) is 6.72. The second-order valence-electron chi connectivity index (χ2n) is 6.72. The largest absolute Gasteiger partial charge is 0.493 e. The summed E-state index contributed by atoms with van der Waals surface area (Å²) in [5.74, 6) is 0.713. The fourth-order valence-corrected chi connectivity index (χ4v) is 3.51. The molecule has 4 heteroatoms. The van der Waals surface area contributed by atoms with Gasteiger partial charge in [-0.3, -0.25) is 9.69 Å². The van der Waals surface area contributed by atoms with Crippen molar-refractivity contribution in [3.63, 3.8) is 0 Å². The van der Waals surface area contributed by atoms with Crippen molar-refractivity contribution in [2.45, 2.75) is 25.8 Å². The van der Waals surface area contributed by atoms with Crippen LogP contribution in [0, 0.1) is 0 Å². The minimum Gasteiger partial charge on any atom is -0.493 e. The molecule has 27 heavy (non-hydrogen) atoms. The number of likely N-dealkylation sites (tertiary alicyclic amines) is 1. The molecule has 1 aliphatic heterocycles. The molecule has 1 saturated heterocycles. The summed E-state index contributed by atoms with van der Waals surface area (Å²) in [5.41, 5.74) is 2.17. The van der Waals surface area contributed by atoms with Gasteiger partial charge in [0.15, 0.2) is 0 Å². The summed E-state index contributed by atoms with van der Waals surface area (Å²) >= 11 is 0. The Morgan fingerprint density at radius 3 is 2.56 bits per heavy atom. The topological polar surface area (TPSA) is 41.6 Å². The lowest BCUT2D eigenvalue weighted by Gasteiger charge is -2.28. The van der Waals surface area contributed by atoms with Gasteiger partial charge in [-0.1, -0.05) is 48.5 Å². The average molecular weight is 364 g/mol. The van der Waals surface area contributed by atoms with Gasteiger partial charge in [0, 0.05) is 18.2 Å². The first-order valence-electron chi connectivity index (χ1n) is 9.74. The number of hydrogen-bond donors (Lipinski definition) is 1. The summed E-state index contributed by atoms with van der Waals surface area (Å²) < 4.78 is 5.60. The van der Waals surface area contributed by atoms with Crippen LogP contribution in [0.25, 0.3) is 6.08 Å². The Labute approximate surface area is 161 Å². The molecule has 1 unspecified atom stereocenters. The van der Waals surface area contributed by atoms with Crippen LogP contribution in [0.3, 0.4) is 0 Å². The van der Waals surface area contributed by atoms with E-state index >= 15 is 0 Å². The summed E-state index contributed by atoms with van der Waals surface area (Å²) in [6.07, 6.45) is 5.86. The summed E-state index contributed by atoms with van der Waals surface area (Å²) in [4.78, 5) is 14.8. The molecule has 1 aliphatic rings. The number of ether oxygens (including phenoxy) is 1. The predicted molar refractivity (Wildman–Crippen MR) is 110 cm³/mol. The van der Waals surface area contributed by atoms with Crippen molar-refractivity contribution < 1.29 is 9.53 Å². The summed E-state index contributed by atoms with van der Waals surface area (Å²) in [5, 5.41) is 3.07. The van der Waals surface area contributed by atoms with Gasteiger partial charge in [-0.05, 0) is 50.6 Å². The number of carbonyl (C=O) groups excluding carboxylic acids is 1.